The van der Waals surface area contributed by atoms with Crippen LogP contribution in [-0.2, 0) is 0 Å². The van der Waals surface area contributed by atoms with Crippen LogP contribution in [0.4, 0.5) is 10.2 Å². The monoisotopic (exact) mass is 232 g/mol. The van der Waals surface area contributed by atoms with Crippen molar-refractivity contribution in [1.29, 1.82) is 0 Å². The van der Waals surface area contributed by atoms with E-state index in [0.717, 1.165) is 11.9 Å². The minimum absolute atomic E-state index is 0.250. The summed E-state index contributed by atoms with van der Waals surface area (Å²) in [7, 11) is 0. The lowest BCUT2D eigenvalue weighted by Crippen LogP contribution is -2.02. The van der Waals surface area contributed by atoms with Crippen LogP contribution in [0, 0.1) is 5.82 Å². The first-order valence-corrected chi connectivity index (χ1v) is 5.32. The van der Waals surface area contributed by atoms with E-state index >= 15 is 0 Å². The summed E-state index contributed by atoms with van der Waals surface area (Å²) in [6.45, 7) is 4.04. The second kappa shape index (κ2) is 4.45. The Balaban J connectivity index is 2.48. The zero-order valence-corrected chi connectivity index (χ0v) is 9.68. The van der Waals surface area contributed by atoms with Gasteiger partial charge in [-0.05, 0) is 18.1 Å². The molecule has 4 nitrogen and oxygen atoms in total. The average molecular weight is 232 g/mol. The highest BCUT2D eigenvalue weighted by molar-refractivity contribution is 5.52. The number of nitrogens with zero attached hydrogens (tertiary/aromatic N) is 3. The molecule has 2 heterocycles. The Kier molecular flexibility index (Phi) is 2.99. The number of nitrogen functional groups attached to an aromatic ring is 1. The number of hydrogen-bond donors (Lipinski definition) is 1. The van der Waals surface area contributed by atoms with Gasteiger partial charge < -0.3 is 5.73 Å². The van der Waals surface area contributed by atoms with E-state index in [1.807, 2.05) is 13.8 Å². The van der Waals surface area contributed by atoms with Gasteiger partial charge in [-0.1, -0.05) is 13.8 Å². The number of halogens is 1. The predicted octanol–water partition coefficient (Wildman–Crippen LogP) is 2.38. The fourth-order valence-electron chi connectivity index (χ4n) is 1.40. The van der Waals surface area contributed by atoms with Crippen molar-refractivity contribution in [3.05, 3.63) is 35.9 Å². The van der Waals surface area contributed by atoms with Crippen molar-refractivity contribution in [3.8, 4) is 11.5 Å². The third-order valence-corrected chi connectivity index (χ3v) is 2.31. The molecule has 0 aliphatic heterocycles. The van der Waals surface area contributed by atoms with Crippen LogP contribution in [0.2, 0.25) is 0 Å². The highest BCUT2D eigenvalue weighted by Crippen LogP contribution is 2.19. The zero-order chi connectivity index (χ0) is 12.4. The lowest BCUT2D eigenvalue weighted by Gasteiger charge is -2.07. The van der Waals surface area contributed by atoms with Gasteiger partial charge in [0.1, 0.15) is 17.3 Å². The number of pyridine rings is 1. The van der Waals surface area contributed by atoms with Gasteiger partial charge in [-0.2, -0.15) is 0 Å². The van der Waals surface area contributed by atoms with Crippen LogP contribution < -0.4 is 5.73 Å². The molecule has 0 atom stereocenters. The van der Waals surface area contributed by atoms with Crippen molar-refractivity contribution in [1.82, 2.24) is 15.0 Å². The van der Waals surface area contributed by atoms with Crippen LogP contribution >= 0.6 is 0 Å². The molecule has 0 aromatic carbocycles. The normalized spacial score (nSPS) is 10.8. The highest BCUT2D eigenvalue weighted by Gasteiger charge is 2.09. The maximum Gasteiger partial charge on any atom is 0.180 e. The SMILES string of the molecule is CC(C)c1cc(N)nc(-c2ccc(F)cn2)n1. The van der Waals surface area contributed by atoms with Gasteiger partial charge in [0.15, 0.2) is 5.82 Å². The Morgan fingerprint density at radius 1 is 1.24 bits per heavy atom. The lowest BCUT2D eigenvalue weighted by atomic mass is 10.1. The average Bonchev–Trinajstić information content (AvgIpc) is 2.29. The Morgan fingerprint density at radius 3 is 2.59 bits per heavy atom. The fourth-order valence-corrected chi connectivity index (χ4v) is 1.40. The van der Waals surface area contributed by atoms with Crippen molar-refractivity contribution in [2.75, 3.05) is 5.73 Å². The molecule has 0 radical (unpaired) electrons. The summed E-state index contributed by atoms with van der Waals surface area (Å²) in [5, 5.41) is 0. The molecule has 2 aromatic heterocycles. The first kappa shape index (κ1) is 11.4. The quantitative estimate of drug-likeness (QED) is 0.863. The van der Waals surface area contributed by atoms with Gasteiger partial charge in [0.05, 0.1) is 6.20 Å². The topological polar surface area (TPSA) is 64.7 Å². The molecule has 5 heteroatoms. The fraction of sp³-hybridized carbons (Fsp3) is 0.250. The first-order valence-electron chi connectivity index (χ1n) is 5.32. The predicted molar refractivity (Wildman–Crippen MR) is 63.7 cm³/mol. The molecule has 0 amide bonds. The summed E-state index contributed by atoms with van der Waals surface area (Å²) < 4.78 is 12.8. The number of hydrogen-bond acceptors (Lipinski definition) is 4. The van der Waals surface area contributed by atoms with Gasteiger partial charge in [-0.3, -0.25) is 0 Å². The molecule has 2 rings (SSSR count). The van der Waals surface area contributed by atoms with Gasteiger partial charge in [0.2, 0.25) is 0 Å². The molecular weight excluding hydrogens is 219 g/mol. The van der Waals surface area contributed by atoms with E-state index in [9.17, 15) is 4.39 Å². The van der Waals surface area contributed by atoms with E-state index in [-0.39, 0.29) is 11.7 Å². The Bertz CT molecular complexity index is 523. The first-order chi connectivity index (χ1) is 8.06. The number of anilines is 1. The van der Waals surface area contributed by atoms with Crippen molar-refractivity contribution in [2.45, 2.75) is 19.8 Å². The van der Waals surface area contributed by atoms with E-state index in [1.165, 1.54) is 12.1 Å². The molecule has 0 aliphatic rings. The molecule has 0 saturated carbocycles. The van der Waals surface area contributed by atoms with Crippen molar-refractivity contribution in [2.24, 2.45) is 0 Å². The van der Waals surface area contributed by atoms with Crippen LogP contribution in [0.1, 0.15) is 25.5 Å². The van der Waals surface area contributed by atoms with Gasteiger partial charge in [0, 0.05) is 11.8 Å². The van der Waals surface area contributed by atoms with E-state index < -0.39 is 0 Å². The minimum atomic E-state index is -0.387. The Morgan fingerprint density at radius 2 is 2.00 bits per heavy atom. The molecule has 0 saturated heterocycles. The smallest absolute Gasteiger partial charge is 0.180 e. The van der Waals surface area contributed by atoms with Gasteiger partial charge in [-0.15, -0.1) is 0 Å². The van der Waals surface area contributed by atoms with Crippen LogP contribution in [0.15, 0.2) is 24.4 Å². The largest absolute Gasteiger partial charge is 0.384 e. The third-order valence-electron chi connectivity index (χ3n) is 2.31. The summed E-state index contributed by atoms with van der Waals surface area (Å²) in [6.07, 6.45) is 1.14. The molecule has 2 N–H and O–H groups in total. The summed E-state index contributed by atoms with van der Waals surface area (Å²) in [5.74, 6) is 0.680. The van der Waals surface area contributed by atoms with Crippen molar-refractivity contribution >= 4 is 5.82 Å². The molecule has 0 aliphatic carbocycles. The minimum Gasteiger partial charge on any atom is -0.384 e. The molecular formula is C12H13FN4. The van der Waals surface area contributed by atoms with E-state index in [1.54, 1.807) is 6.07 Å². The lowest BCUT2D eigenvalue weighted by molar-refractivity contribution is 0.621. The zero-order valence-electron chi connectivity index (χ0n) is 9.68. The molecule has 0 fully saturated rings. The molecule has 0 unspecified atom stereocenters. The standard InChI is InChI=1S/C12H13FN4/c1-7(2)10-5-11(14)17-12(16-10)9-4-3-8(13)6-15-9/h3-7H,1-2H3,(H2,14,16,17). The third kappa shape index (κ3) is 2.55. The molecule has 0 bridgehead atoms. The maximum atomic E-state index is 12.8. The van der Waals surface area contributed by atoms with Gasteiger partial charge in [0.25, 0.3) is 0 Å². The van der Waals surface area contributed by atoms with Gasteiger partial charge >= 0.3 is 0 Å². The summed E-state index contributed by atoms with van der Waals surface area (Å²) in [6, 6.07) is 4.59. The Labute approximate surface area is 98.7 Å². The molecule has 88 valence electrons. The van der Waals surface area contributed by atoms with E-state index in [0.29, 0.717) is 17.3 Å². The van der Waals surface area contributed by atoms with E-state index in [2.05, 4.69) is 15.0 Å². The molecule has 2 aromatic rings. The molecule has 17 heavy (non-hydrogen) atoms. The maximum absolute atomic E-state index is 12.8. The second-order valence-corrected chi connectivity index (χ2v) is 4.06. The van der Waals surface area contributed by atoms with Crippen molar-refractivity contribution in [3.63, 3.8) is 0 Å². The number of nitrogens with two attached hydrogens (primary N) is 1. The van der Waals surface area contributed by atoms with Crippen LogP contribution in [0.25, 0.3) is 11.5 Å². The molecule has 0 spiro atoms. The van der Waals surface area contributed by atoms with Crippen LogP contribution in [0.3, 0.4) is 0 Å². The highest BCUT2D eigenvalue weighted by atomic mass is 19.1. The van der Waals surface area contributed by atoms with E-state index in [4.69, 9.17) is 5.73 Å². The van der Waals surface area contributed by atoms with Crippen molar-refractivity contribution < 1.29 is 4.39 Å². The van der Waals surface area contributed by atoms with Gasteiger partial charge in [-0.25, -0.2) is 19.3 Å². The summed E-state index contributed by atoms with van der Waals surface area (Å²) >= 11 is 0. The number of rotatable bonds is 2. The summed E-state index contributed by atoms with van der Waals surface area (Å²) in [4.78, 5) is 12.4. The summed E-state index contributed by atoms with van der Waals surface area (Å²) in [5.41, 5.74) is 7.07. The van der Waals surface area contributed by atoms with Crippen LogP contribution in [0.5, 0.6) is 0 Å². The van der Waals surface area contributed by atoms with Crippen LogP contribution in [-0.4, -0.2) is 15.0 Å². The number of aromatic nitrogens is 3. The Hall–Kier alpha value is -2.04. The second-order valence-electron chi connectivity index (χ2n) is 4.06.